The smallest absolute Gasteiger partial charge is 0.376 e. The van der Waals surface area contributed by atoms with Crippen LogP contribution in [0.15, 0.2) is 24.3 Å². The van der Waals surface area contributed by atoms with E-state index in [-0.39, 0.29) is 6.10 Å². The highest BCUT2D eigenvalue weighted by molar-refractivity contribution is 7.80. The van der Waals surface area contributed by atoms with Crippen LogP contribution in [0.5, 0.6) is 0 Å². The van der Waals surface area contributed by atoms with E-state index in [1.165, 1.54) is 4.90 Å². The Balaban J connectivity index is 1.41. The molecule has 1 aromatic rings. The Morgan fingerprint density at radius 3 is 2.50 bits per heavy atom. The SMILES string of the molecule is FC(F)(F)c1ccc(C[NH+]2CCN(C(=S)NC[C@@H]3CCCO3)CC2)cc1. The molecule has 2 heterocycles. The zero-order chi connectivity index (χ0) is 18.6. The minimum Gasteiger partial charge on any atom is -0.376 e. The molecule has 2 fully saturated rings. The van der Waals surface area contributed by atoms with Gasteiger partial charge in [0.05, 0.1) is 37.8 Å². The van der Waals surface area contributed by atoms with Crippen LogP contribution < -0.4 is 10.2 Å². The molecule has 8 heteroatoms. The van der Waals surface area contributed by atoms with E-state index in [4.69, 9.17) is 17.0 Å². The zero-order valence-corrected chi connectivity index (χ0v) is 15.5. The summed E-state index contributed by atoms with van der Waals surface area (Å²) in [4.78, 5) is 3.53. The highest BCUT2D eigenvalue weighted by Crippen LogP contribution is 2.28. The van der Waals surface area contributed by atoms with Crippen LogP contribution in [0.3, 0.4) is 0 Å². The van der Waals surface area contributed by atoms with Gasteiger partial charge in [-0.25, -0.2) is 0 Å². The van der Waals surface area contributed by atoms with E-state index in [2.05, 4.69) is 10.2 Å². The highest BCUT2D eigenvalue weighted by atomic mass is 32.1. The molecule has 1 atom stereocenters. The number of hydrogen-bond donors (Lipinski definition) is 2. The quantitative estimate of drug-likeness (QED) is 0.765. The molecule has 2 N–H and O–H groups in total. The number of alkyl halides is 3. The number of nitrogens with zero attached hydrogens (tertiary/aromatic N) is 1. The van der Waals surface area contributed by atoms with E-state index in [1.807, 2.05) is 0 Å². The van der Waals surface area contributed by atoms with Gasteiger partial charge < -0.3 is 19.9 Å². The highest BCUT2D eigenvalue weighted by Gasteiger charge is 2.30. The molecular formula is C18H25F3N3OS+. The second kappa shape index (κ2) is 8.54. The standard InChI is InChI=1S/C18H24F3N3OS/c19-18(20,21)15-5-3-14(4-6-15)13-23-7-9-24(10-8-23)17(26)22-12-16-2-1-11-25-16/h3-6,16H,1-2,7-13H2,(H,22,26)/p+1/t16-/m0/s1. The number of benzene rings is 1. The van der Waals surface area contributed by atoms with Gasteiger partial charge >= 0.3 is 6.18 Å². The van der Waals surface area contributed by atoms with Gasteiger partial charge in [0.25, 0.3) is 0 Å². The molecule has 26 heavy (non-hydrogen) atoms. The average Bonchev–Trinajstić information content (AvgIpc) is 3.13. The number of thiocarbonyl (C=S) groups is 1. The molecule has 0 aromatic heterocycles. The molecule has 1 aromatic carbocycles. The summed E-state index contributed by atoms with van der Waals surface area (Å²) >= 11 is 5.47. The minimum absolute atomic E-state index is 0.263. The van der Waals surface area contributed by atoms with E-state index in [0.717, 1.165) is 81.5 Å². The third-order valence-electron chi connectivity index (χ3n) is 5.00. The first-order valence-corrected chi connectivity index (χ1v) is 9.47. The monoisotopic (exact) mass is 388 g/mol. The lowest BCUT2D eigenvalue weighted by molar-refractivity contribution is -0.917. The van der Waals surface area contributed by atoms with E-state index < -0.39 is 11.7 Å². The van der Waals surface area contributed by atoms with Crippen LogP contribution in [0.4, 0.5) is 13.2 Å². The maximum absolute atomic E-state index is 12.6. The molecule has 2 aliphatic rings. The molecule has 0 amide bonds. The number of hydrogen-bond acceptors (Lipinski definition) is 2. The summed E-state index contributed by atoms with van der Waals surface area (Å²) in [5.41, 5.74) is 0.337. The van der Waals surface area contributed by atoms with Crippen LogP contribution in [-0.4, -0.2) is 55.4 Å². The Labute approximate surface area is 157 Å². The van der Waals surface area contributed by atoms with E-state index in [0.29, 0.717) is 0 Å². The summed E-state index contributed by atoms with van der Waals surface area (Å²) < 4.78 is 43.5. The van der Waals surface area contributed by atoms with Crippen molar-refractivity contribution in [1.29, 1.82) is 0 Å². The lowest BCUT2D eigenvalue weighted by atomic mass is 10.1. The number of halogens is 3. The second-order valence-corrected chi connectivity index (χ2v) is 7.32. The molecule has 2 aliphatic heterocycles. The predicted octanol–water partition coefficient (Wildman–Crippen LogP) is 1.46. The molecule has 3 rings (SSSR count). The van der Waals surface area contributed by atoms with Crippen LogP contribution in [0.2, 0.25) is 0 Å². The van der Waals surface area contributed by atoms with Gasteiger partial charge in [0.15, 0.2) is 5.11 Å². The first-order chi connectivity index (χ1) is 12.4. The summed E-state index contributed by atoms with van der Waals surface area (Å²) in [7, 11) is 0. The molecule has 0 radical (unpaired) electrons. The topological polar surface area (TPSA) is 28.9 Å². The number of quaternary nitrogens is 1. The molecule has 4 nitrogen and oxygen atoms in total. The Bertz CT molecular complexity index is 595. The molecule has 2 saturated heterocycles. The van der Waals surface area contributed by atoms with E-state index in [9.17, 15) is 13.2 Å². The summed E-state index contributed by atoms with van der Waals surface area (Å²) in [6, 6.07) is 5.48. The average molecular weight is 388 g/mol. The van der Waals surface area contributed by atoms with Crippen molar-refractivity contribution in [1.82, 2.24) is 10.2 Å². The van der Waals surface area contributed by atoms with Crippen molar-refractivity contribution >= 4 is 17.3 Å². The third-order valence-corrected chi connectivity index (χ3v) is 5.40. The zero-order valence-electron chi connectivity index (χ0n) is 14.6. The van der Waals surface area contributed by atoms with Crippen LogP contribution in [0.25, 0.3) is 0 Å². The van der Waals surface area contributed by atoms with Crippen molar-refractivity contribution in [3.8, 4) is 0 Å². The van der Waals surface area contributed by atoms with E-state index in [1.54, 1.807) is 12.1 Å². The van der Waals surface area contributed by atoms with Crippen molar-refractivity contribution < 1.29 is 22.8 Å². The summed E-state index contributed by atoms with van der Waals surface area (Å²) in [6.45, 7) is 5.89. The summed E-state index contributed by atoms with van der Waals surface area (Å²) in [5, 5.41) is 4.07. The van der Waals surface area contributed by atoms with Crippen molar-refractivity contribution in [2.24, 2.45) is 0 Å². The largest absolute Gasteiger partial charge is 0.416 e. The number of piperazine rings is 1. The molecule has 144 valence electrons. The van der Waals surface area contributed by atoms with Crippen LogP contribution in [-0.2, 0) is 17.5 Å². The normalized spacial score (nSPS) is 21.8. The third kappa shape index (κ3) is 5.31. The molecule has 0 bridgehead atoms. The number of ether oxygens (including phenoxy) is 1. The van der Waals surface area contributed by atoms with Crippen LogP contribution >= 0.6 is 12.2 Å². The number of rotatable bonds is 4. The Morgan fingerprint density at radius 2 is 1.92 bits per heavy atom. The first kappa shape index (κ1) is 19.4. The molecule has 0 unspecified atom stereocenters. The fourth-order valence-corrected chi connectivity index (χ4v) is 3.69. The predicted molar refractivity (Wildman–Crippen MR) is 97.0 cm³/mol. The lowest BCUT2D eigenvalue weighted by Gasteiger charge is -2.34. The van der Waals surface area contributed by atoms with Gasteiger partial charge in [-0.05, 0) is 37.2 Å². The molecule has 0 aliphatic carbocycles. The summed E-state index contributed by atoms with van der Waals surface area (Å²) in [5.74, 6) is 0. The second-order valence-electron chi connectivity index (χ2n) is 6.93. The Morgan fingerprint density at radius 1 is 1.23 bits per heavy atom. The van der Waals surface area contributed by atoms with Crippen LogP contribution in [0.1, 0.15) is 24.0 Å². The van der Waals surface area contributed by atoms with E-state index >= 15 is 0 Å². The minimum atomic E-state index is -4.27. The van der Waals surface area contributed by atoms with Crippen molar-refractivity contribution in [2.75, 3.05) is 39.3 Å². The van der Waals surface area contributed by atoms with Gasteiger partial charge in [0.1, 0.15) is 6.54 Å². The Kier molecular flexibility index (Phi) is 6.37. The van der Waals surface area contributed by atoms with Crippen molar-refractivity contribution in [2.45, 2.75) is 31.7 Å². The van der Waals surface area contributed by atoms with Gasteiger partial charge in [0.2, 0.25) is 0 Å². The van der Waals surface area contributed by atoms with Crippen molar-refractivity contribution in [3.05, 3.63) is 35.4 Å². The number of nitrogens with one attached hydrogen (secondary N) is 2. The fraction of sp³-hybridized carbons (Fsp3) is 0.611. The van der Waals surface area contributed by atoms with Gasteiger partial charge in [0, 0.05) is 18.7 Å². The maximum atomic E-state index is 12.6. The first-order valence-electron chi connectivity index (χ1n) is 9.06. The lowest BCUT2D eigenvalue weighted by Crippen LogP contribution is -3.13. The summed E-state index contributed by atoms with van der Waals surface area (Å²) in [6.07, 6.45) is -1.81. The van der Waals surface area contributed by atoms with Gasteiger partial charge in [-0.15, -0.1) is 0 Å². The molecule has 0 saturated carbocycles. The fourth-order valence-electron chi connectivity index (χ4n) is 3.42. The van der Waals surface area contributed by atoms with Crippen LogP contribution in [0, 0.1) is 0 Å². The van der Waals surface area contributed by atoms with Gasteiger partial charge in [-0.1, -0.05) is 12.1 Å². The van der Waals surface area contributed by atoms with Gasteiger partial charge in [-0.3, -0.25) is 0 Å². The molecule has 0 spiro atoms. The van der Waals surface area contributed by atoms with Gasteiger partial charge in [-0.2, -0.15) is 13.2 Å². The Hall–Kier alpha value is -1.38. The maximum Gasteiger partial charge on any atom is 0.416 e. The van der Waals surface area contributed by atoms with Crippen molar-refractivity contribution in [3.63, 3.8) is 0 Å². The molecular weight excluding hydrogens is 363 g/mol.